The van der Waals surface area contributed by atoms with Crippen LogP contribution in [0.1, 0.15) is 17.5 Å². The predicted octanol–water partition coefficient (Wildman–Crippen LogP) is 3.51. The largest absolute Gasteiger partial charge is 0.356 e. The number of halogens is 2. The summed E-state index contributed by atoms with van der Waals surface area (Å²) in [7, 11) is 0. The molecule has 0 saturated heterocycles. The summed E-state index contributed by atoms with van der Waals surface area (Å²) in [6.45, 7) is 2.59. The monoisotopic (exact) mass is 271 g/mol. The molecule has 0 amide bonds. The molecule has 1 aromatic heterocycles. The van der Waals surface area contributed by atoms with Crippen LogP contribution in [0.4, 0.5) is 9.52 Å². The average molecular weight is 272 g/mol. The molecule has 0 bridgehead atoms. The van der Waals surface area contributed by atoms with E-state index in [1.54, 1.807) is 12.1 Å². The van der Waals surface area contributed by atoms with Gasteiger partial charge in [0, 0.05) is 6.54 Å². The summed E-state index contributed by atoms with van der Waals surface area (Å²) in [5, 5.41) is 13.0. The van der Waals surface area contributed by atoms with Crippen molar-refractivity contribution in [2.45, 2.75) is 19.9 Å². The Bertz CT molecular complexity index is 515. The lowest BCUT2D eigenvalue weighted by molar-refractivity contribution is 0.627. The number of hydrogen-bond donors (Lipinski definition) is 1. The van der Waals surface area contributed by atoms with Crippen molar-refractivity contribution in [2.75, 3.05) is 5.32 Å². The van der Waals surface area contributed by atoms with Crippen molar-refractivity contribution in [1.29, 1.82) is 0 Å². The highest BCUT2D eigenvalue weighted by Gasteiger charge is 2.03. The van der Waals surface area contributed by atoms with Gasteiger partial charge in [-0.2, -0.15) is 0 Å². The normalized spacial score (nSPS) is 10.5. The fraction of sp³-hybridized carbons (Fsp3) is 0.273. The lowest BCUT2D eigenvalue weighted by Crippen LogP contribution is -1.99. The van der Waals surface area contributed by atoms with E-state index in [1.807, 2.05) is 6.92 Å². The van der Waals surface area contributed by atoms with Crippen LogP contribution >= 0.6 is 22.9 Å². The molecule has 2 rings (SSSR count). The van der Waals surface area contributed by atoms with E-state index in [0.29, 0.717) is 6.54 Å². The van der Waals surface area contributed by atoms with Crippen molar-refractivity contribution in [3.63, 3.8) is 0 Å². The molecule has 17 heavy (non-hydrogen) atoms. The van der Waals surface area contributed by atoms with Crippen LogP contribution in [0.15, 0.2) is 18.2 Å². The summed E-state index contributed by atoms with van der Waals surface area (Å²) in [6, 6.07) is 4.65. The SMILES string of the molecule is CCc1nnc(NCc2ccc(F)c(Cl)c2)s1. The Balaban J connectivity index is 1.99. The van der Waals surface area contributed by atoms with E-state index in [9.17, 15) is 4.39 Å². The topological polar surface area (TPSA) is 37.8 Å². The Morgan fingerprint density at radius 1 is 1.41 bits per heavy atom. The second kappa shape index (κ2) is 5.42. The number of nitrogens with zero attached hydrogens (tertiary/aromatic N) is 2. The smallest absolute Gasteiger partial charge is 0.205 e. The Hall–Kier alpha value is -1.20. The number of hydrogen-bond acceptors (Lipinski definition) is 4. The first-order valence-electron chi connectivity index (χ1n) is 5.19. The lowest BCUT2D eigenvalue weighted by atomic mass is 10.2. The van der Waals surface area contributed by atoms with Gasteiger partial charge in [0.15, 0.2) is 0 Å². The van der Waals surface area contributed by atoms with Crippen LogP contribution in [0.2, 0.25) is 5.02 Å². The van der Waals surface area contributed by atoms with Crippen molar-refractivity contribution in [1.82, 2.24) is 10.2 Å². The molecule has 6 heteroatoms. The standard InChI is InChI=1S/C11H11ClFN3S/c1-2-10-15-16-11(17-10)14-6-7-3-4-9(13)8(12)5-7/h3-5H,2,6H2,1H3,(H,14,16). The van der Waals surface area contributed by atoms with Gasteiger partial charge in [0.1, 0.15) is 10.8 Å². The van der Waals surface area contributed by atoms with E-state index in [4.69, 9.17) is 11.6 Å². The van der Waals surface area contributed by atoms with Crippen molar-refractivity contribution in [3.8, 4) is 0 Å². The molecule has 0 radical (unpaired) electrons. The Labute approximate surface area is 108 Å². The molecule has 0 aliphatic carbocycles. The first-order valence-corrected chi connectivity index (χ1v) is 6.38. The quantitative estimate of drug-likeness (QED) is 0.925. The molecule has 0 aliphatic heterocycles. The molecule has 0 atom stereocenters. The van der Waals surface area contributed by atoms with Crippen LogP contribution in [0.5, 0.6) is 0 Å². The summed E-state index contributed by atoms with van der Waals surface area (Å²) in [4.78, 5) is 0. The predicted molar refractivity (Wildman–Crippen MR) is 68.0 cm³/mol. The molecular weight excluding hydrogens is 261 g/mol. The second-order valence-electron chi connectivity index (χ2n) is 3.46. The first-order chi connectivity index (χ1) is 8.19. The number of anilines is 1. The lowest BCUT2D eigenvalue weighted by Gasteiger charge is -2.03. The van der Waals surface area contributed by atoms with E-state index in [1.165, 1.54) is 17.4 Å². The van der Waals surface area contributed by atoms with Crippen LogP contribution in [-0.4, -0.2) is 10.2 Å². The molecule has 2 aromatic rings. The third-order valence-electron chi connectivity index (χ3n) is 2.20. The Morgan fingerprint density at radius 2 is 2.24 bits per heavy atom. The molecule has 90 valence electrons. The fourth-order valence-corrected chi connectivity index (χ4v) is 2.17. The van der Waals surface area contributed by atoms with Crippen molar-refractivity contribution < 1.29 is 4.39 Å². The molecule has 1 aromatic carbocycles. The highest BCUT2D eigenvalue weighted by atomic mass is 35.5. The number of rotatable bonds is 4. The number of aromatic nitrogens is 2. The van der Waals surface area contributed by atoms with E-state index >= 15 is 0 Å². The van der Waals surface area contributed by atoms with E-state index < -0.39 is 5.82 Å². The van der Waals surface area contributed by atoms with Crippen LogP contribution < -0.4 is 5.32 Å². The van der Waals surface area contributed by atoms with Gasteiger partial charge in [-0.3, -0.25) is 0 Å². The summed E-state index contributed by atoms with van der Waals surface area (Å²) >= 11 is 7.21. The van der Waals surface area contributed by atoms with Gasteiger partial charge in [0.05, 0.1) is 5.02 Å². The van der Waals surface area contributed by atoms with Crippen LogP contribution in [0, 0.1) is 5.82 Å². The second-order valence-corrected chi connectivity index (χ2v) is 4.93. The third kappa shape index (κ3) is 3.14. The Morgan fingerprint density at radius 3 is 2.88 bits per heavy atom. The van der Waals surface area contributed by atoms with Gasteiger partial charge in [0.2, 0.25) is 5.13 Å². The van der Waals surface area contributed by atoms with Crippen LogP contribution in [-0.2, 0) is 13.0 Å². The third-order valence-corrected chi connectivity index (χ3v) is 3.51. The van der Waals surface area contributed by atoms with Crippen LogP contribution in [0.3, 0.4) is 0 Å². The maximum absolute atomic E-state index is 12.9. The van der Waals surface area contributed by atoms with Gasteiger partial charge in [-0.05, 0) is 24.1 Å². The molecule has 1 N–H and O–H groups in total. The first kappa shape index (κ1) is 12.3. The zero-order chi connectivity index (χ0) is 12.3. The molecular formula is C11H11ClFN3S. The summed E-state index contributed by atoms with van der Waals surface area (Å²) in [6.07, 6.45) is 0.877. The number of nitrogens with one attached hydrogen (secondary N) is 1. The summed E-state index contributed by atoms with van der Waals surface area (Å²) in [5.74, 6) is -0.403. The molecule has 0 fully saturated rings. The van der Waals surface area contributed by atoms with Crippen molar-refractivity contribution in [2.24, 2.45) is 0 Å². The molecule has 0 saturated carbocycles. The van der Waals surface area contributed by atoms with E-state index in [2.05, 4.69) is 15.5 Å². The molecule has 1 heterocycles. The minimum absolute atomic E-state index is 0.135. The van der Waals surface area contributed by atoms with Gasteiger partial charge in [-0.15, -0.1) is 10.2 Å². The fourth-order valence-electron chi connectivity index (χ4n) is 1.30. The van der Waals surface area contributed by atoms with Gasteiger partial charge < -0.3 is 5.32 Å². The van der Waals surface area contributed by atoms with Gasteiger partial charge >= 0.3 is 0 Å². The minimum Gasteiger partial charge on any atom is -0.356 e. The summed E-state index contributed by atoms with van der Waals surface area (Å²) in [5.41, 5.74) is 0.907. The van der Waals surface area contributed by atoms with Crippen molar-refractivity contribution in [3.05, 3.63) is 39.6 Å². The Kier molecular flexibility index (Phi) is 3.91. The molecule has 0 spiro atoms. The highest BCUT2D eigenvalue weighted by molar-refractivity contribution is 7.15. The molecule has 0 unspecified atom stereocenters. The van der Waals surface area contributed by atoms with E-state index in [-0.39, 0.29) is 5.02 Å². The van der Waals surface area contributed by atoms with Gasteiger partial charge in [0.25, 0.3) is 0 Å². The zero-order valence-corrected chi connectivity index (χ0v) is 10.8. The minimum atomic E-state index is -0.403. The van der Waals surface area contributed by atoms with Gasteiger partial charge in [-0.1, -0.05) is 35.9 Å². The number of aryl methyl sites for hydroxylation is 1. The highest BCUT2D eigenvalue weighted by Crippen LogP contribution is 2.19. The molecule has 0 aliphatic rings. The summed E-state index contributed by atoms with van der Waals surface area (Å²) < 4.78 is 12.9. The van der Waals surface area contributed by atoms with Crippen LogP contribution in [0.25, 0.3) is 0 Å². The maximum Gasteiger partial charge on any atom is 0.205 e. The van der Waals surface area contributed by atoms with Crippen molar-refractivity contribution >= 4 is 28.1 Å². The average Bonchev–Trinajstić information content (AvgIpc) is 2.79. The molecule has 3 nitrogen and oxygen atoms in total. The zero-order valence-electron chi connectivity index (χ0n) is 9.20. The number of benzene rings is 1. The van der Waals surface area contributed by atoms with Gasteiger partial charge in [-0.25, -0.2) is 4.39 Å². The maximum atomic E-state index is 12.9. The van der Waals surface area contributed by atoms with E-state index in [0.717, 1.165) is 22.1 Å².